The number of hydrogen-bond donors (Lipinski definition) is 1. The van der Waals surface area contributed by atoms with Crippen LogP contribution in [0.2, 0.25) is 5.15 Å². The highest BCUT2D eigenvalue weighted by Crippen LogP contribution is 2.34. The number of hydrogen-bond acceptors (Lipinski definition) is 8. The van der Waals surface area contributed by atoms with Crippen LogP contribution in [0, 0.1) is 0 Å². The molecule has 2 heterocycles. The Kier molecular flexibility index (Phi) is 8.62. The fourth-order valence-electron chi connectivity index (χ4n) is 3.69. The molecule has 1 atom stereocenters. The minimum absolute atomic E-state index is 0.0695. The molecule has 192 valence electrons. The van der Waals surface area contributed by atoms with Crippen LogP contribution in [0.3, 0.4) is 0 Å². The number of methoxy groups -OCH3 is 1. The van der Waals surface area contributed by atoms with E-state index in [9.17, 15) is 9.59 Å². The van der Waals surface area contributed by atoms with Crippen molar-refractivity contribution in [2.24, 2.45) is 5.10 Å². The number of rotatable bonds is 9. The SMILES string of the molecule is CCOc1ccc(C2=NN(Cc3ccc(NC(=O)c4ccc(Cl)nn4)cc3)C(=O)SC2CC)cc1OC. The van der Waals surface area contributed by atoms with Gasteiger partial charge in [-0.3, -0.25) is 9.59 Å². The van der Waals surface area contributed by atoms with Gasteiger partial charge in [-0.1, -0.05) is 42.4 Å². The van der Waals surface area contributed by atoms with E-state index in [0.29, 0.717) is 23.8 Å². The van der Waals surface area contributed by atoms with Crippen LogP contribution >= 0.6 is 23.4 Å². The number of amides is 2. The van der Waals surface area contributed by atoms with Crippen molar-refractivity contribution in [2.45, 2.75) is 32.1 Å². The number of anilines is 1. The average molecular weight is 540 g/mol. The van der Waals surface area contributed by atoms with Crippen molar-refractivity contribution >= 4 is 45.9 Å². The Labute approximate surface area is 224 Å². The predicted octanol–water partition coefficient (Wildman–Crippen LogP) is 5.64. The highest BCUT2D eigenvalue weighted by Gasteiger charge is 2.30. The number of halogens is 1. The number of benzene rings is 2. The third-order valence-electron chi connectivity index (χ3n) is 5.53. The Morgan fingerprint density at radius 2 is 1.86 bits per heavy atom. The lowest BCUT2D eigenvalue weighted by Crippen LogP contribution is -2.34. The fourth-order valence-corrected chi connectivity index (χ4v) is 4.73. The number of hydrazone groups is 1. The third kappa shape index (κ3) is 6.39. The number of aromatic nitrogens is 2. The summed E-state index contributed by atoms with van der Waals surface area (Å²) in [6.45, 7) is 4.77. The number of nitrogens with zero attached hydrogens (tertiary/aromatic N) is 4. The van der Waals surface area contributed by atoms with Crippen LogP contribution in [0.1, 0.15) is 41.9 Å². The molecule has 1 unspecified atom stereocenters. The summed E-state index contributed by atoms with van der Waals surface area (Å²) in [7, 11) is 1.60. The number of ether oxygens (including phenoxy) is 2. The quantitative estimate of drug-likeness (QED) is 0.375. The van der Waals surface area contributed by atoms with Crippen LogP contribution < -0.4 is 14.8 Å². The Morgan fingerprint density at radius 1 is 1.08 bits per heavy atom. The summed E-state index contributed by atoms with van der Waals surface area (Å²) in [5, 5.41) is 16.4. The first-order valence-corrected chi connectivity index (χ1v) is 12.9. The normalized spacial score (nSPS) is 15.2. The van der Waals surface area contributed by atoms with Crippen LogP contribution in [0.5, 0.6) is 11.5 Å². The number of thioether (sulfide) groups is 1. The van der Waals surface area contributed by atoms with Gasteiger partial charge in [-0.15, -0.1) is 10.2 Å². The highest BCUT2D eigenvalue weighted by atomic mass is 35.5. The van der Waals surface area contributed by atoms with E-state index in [2.05, 4.69) is 15.5 Å². The smallest absolute Gasteiger partial charge is 0.302 e. The first-order valence-electron chi connectivity index (χ1n) is 11.7. The van der Waals surface area contributed by atoms with Crippen LogP contribution in [0.4, 0.5) is 10.5 Å². The van der Waals surface area contributed by atoms with Gasteiger partial charge < -0.3 is 14.8 Å². The number of carbonyl (C=O) groups is 2. The van der Waals surface area contributed by atoms with E-state index >= 15 is 0 Å². The molecule has 9 nitrogen and oxygen atoms in total. The van der Waals surface area contributed by atoms with E-state index in [1.165, 1.54) is 28.9 Å². The molecule has 0 radical (unpaired) electrons. The molecule has 0 aliphatic carbocycles. The van der Waals surface area contributed by atoms with Crippen LogP contribution in [0.25, 0.3) is 0 Å². The highest BCUT2D eigenvalue weighted by molar-refractivity contribution is 8.14. The number of nitrogens with one attached hydrogen (secondary N) is 1. The monoisotopic (exact) mass is 539 g/mol. The summed E-state index contributed by atoms with van der Waals surface area (Å²) in [4.78, 5) is 25.2. The molecule has 0 fully saturated rings. The molecule has 0 spiro atoms. The lowest BCUT2D eigenvalue weighted by Gasteiger charge is -2.28. The molecule has 11 heteroatoms. The number of carbonyl (C=O) groups excluding carboxylic acids is 2. The molecule has 1 N–H and O–H groups in total. The Hall–Kier alpha value is -3.63. The predicted molar refractivity (Wildman–Crippen MR) is 145 cm³/mol. The van der Waals surface area contributed by atoms with Crippen LogP contribution in [-0.4, -0.2) is 51.0 Å². The second-order valence-corrected chi connectivity index (χ2v) is 9.56. The maximum atomic E-state index is 12.9. The molecule has 1 aliphatic heterocycles. The first-order chi connectivity index (χ1) is 17.9. The molecule has 3 aromatic rings. The van der Waals surface area contributed by atoms with E-state index in [1.807, 2.05) is 44.2 Å². The summed E-state index contributed by atoms with van der Waals surface area (Å²) in [5.74, 6) is 0.881. The summed E-state index contributed by atoms with van der Waals surface area (Å²) in [6, 6.07) is 15.9. The topological polar surface area (TPSA) is 106 Å². The molecule has 0 saturated carbocycles. The molecule has 0 bridgehead atoms. The van der Waals surface area contributed by atoms with Gasteiger partial charge in [0.05, 0.1) is 31.2 Å². The van der Waals surface area contributed by atoms with Crippen molar-refractivity contribution in [3.8, 4) is 11.5 Å². The van der Waals surface area contributed by atoms with Crippen molar-refractivity contribution in [1.29, 1.82) is 0 Å². The van der Waals surface area contributed by atoms with E-state index in [-0.39, 0.29) is 27.9 Å². The Bertz CT molecular complexity index is 1300. The van der Waals surface area contributed by atoms with Crippen molar-refractivity contribution < 1.29 is 19.1 Å². The summed E-state index contributed by atoms with van der Waals surface area (Å²) >= 11 is 6.98. The van der Waals surface area contributed by atoms with Crippen molar-refractivity contribution in [1.82, 2.24) is 15.2 Å². The van der Waals surface area contributed by atoms with Gasteiger partial charge in [-0.05, 0) is 61.4 Å². The standard InChI is InChI=1S/C26H26ClN5O4S/c1-4-22-24(17-8-12-20(36-5-2)21(14-17)35-3)31-32(26(34)37-22)15-16-6-9-18(10-7-16)28-25(33)19-11-13-23(27)30-29-19/h6-14,22H,4-5,15H2,1-3H3,(H,28,33). The van der Waals surface area contributed by atoms with Gasteiger partial charge in [0.1, 0.15) is 0 Å². The second-order valence-electron chi connectivity index (χ2n) is 8.01. The maximum Gasteiger partial charge on any atom is 0.302 e. The molecule has 0 saturated heterocycles. The zero-order valence-corrected chi connectivity index (χ0v) is 22.2. The van der Waals surface area contributed by atoms with Gasteiger partial charge in [0, 0.05) is 11.3 Å². The second kappa shape index (κ2) is 12.1. The molecule has 37 heavy (non-hydrogen) atoms. The molecular weight excluding hydrogens is 514 g/mol. The van der Waals surface area contributed by atoms with Gasteiger partial charge >= 0.3 is 5.24 Å². The fraction of sp³-hybridized carbons (Fsp3) is 0.269. The van der Waals surface area contributed by atoms with Crippen molar-refractivity contribution in [3.05, 3.63) is 76.6 Å². The molecular formula is C26H26ClN5O4S. The van der Waals surface area contributed by atoms with Gasteiger partial charge in [0.2, 0.25) is 0 Å². The minimum Gasteiger partial charge on any atom is -0.493 e. The zero-order valence-electron chi connectivity index (χ0n) is 20.6. The van der Waals surface area contributed by atoms with Crippen LogP contribution in [0.15, 0.2) is 59.7 Å². The Balaban J connectivity index is 1.51. The van der Waals surface area contributed by atoms with Crippen LogP contribution in [-0.2, 0) is 6.54 Å². The van der Waals surface area contributed by atoms with Crippen molar-refractivity contribution in [3.63, 3.8) is 0 Å². The lowest BCUT2D eigenvalue weighted by molar-refractivity contribution is 0.102. The van der Waals surface area contributed by atoms with E-state index in [1.54, 1.807) is 19.2 Å². The maximum absolute atomic E-state index is 12.9. The van der Waals surface area contributed by atoms with Gasteiger partial charge in [-0.25, -0.2) is 5.01 Å². The van der Waals surface area contributed by atoms with E-state index < -0.39 is 5.91 Å². The molecule has 1 aliphatic rings. The molecule has 2 aromatic carbocycles. The largest absolute Gasteiger partial charge is 0.493 e. The van der Waals surface area contributed by atoms with Gasteiger partial charge in [0.25, 0.3) is 5.91 Å². The minimum atomic E-state index is -0.398. The summed E-state index contributed by atoms with van der Waals surface area (Å²) in [6.07, 6.45) is 0.755. The van der Waals surface area contributed by atoms with E-state index in [4.69, 9.17) is 26.2 Å². The Morgan fingerprint density at radius 3 is 2.51 bits per heavy atom. The molecule has 1 aromatic heterocycles. The van der Waals surface area contributed by atoms with E-state index in [0.717, 1.165) is 23.3 Å². The summed E-state index contributed by atoms with van der Waals surface area (Å²) < 4.78 is 11.1. The third-order valence-corrected chi connectivity index (χ3v) is 6.98. The van der Waals surface area contributed by atoms with Gasteiger partial charge in [0.15, 0.2) is 22.3 Å². The summed E-state index contributed by atoms with van der Waals surface area (Å²) in [5.41, 5.74) is 3.28. The molecule has 2 amide bonds. The first kappa shape index (κ1) is 26.4. The van der Waals surface area contributed by atoms with Gasteiger partial charge in [-0.2, -0.15) is 5.10 Å². The molecule has 4 rings (SSSR count). The zero-order chi connectivity index (χ0) is 26.4. The van der Waals surface area contributed by atoms with Crippen molar-refractivity contribution in [2.75, 3.05) is 19.0 Å². The average Bonchev–Trinajstić information content (AvgIpc) is 2.91. The lowest BCUT2D eigenvalue weighted by atomic mass is 10.0.